The molecule has 1 unspecified atom stereocenters. The first-order valence-electron chi connectivity index (χ1n) is 11.7. The number of ether oxygens (including phenoxy) is 2. The van der Waals surface area contributed by atoms with Gasteiger partial charge in [-0.2, -0.15) is 4.98 Å². The van der Waals surface area contributed by atoms with Crippen molar-refractivity contribution in [3.63, 3.8) is 0 Å². The number of aliphatic hydroxyl groups excluding tert-OH is 2. The number of phosphoric ester groups is 1. The molecule has 0 spiro atoms. The number of nitrogens with zero attached hydrogens (tertiary/aromatic N) is 5. The summed E-state index contributed by atoms with van der Waals surface area (Å²) in [5.74, 6) is -0.827. The highest BCUT2D eigenvalue weighted by atomic mass is 31.2. The zero-order chi connectivity index (χ0) is 28.1. The smallest absolute Gasteiger partial charge is 0.472 e. The van der Waals surface area contributed by atoms with Gasteiger partial charge < -0.3 is 35.4 Å². The van der Waals surface area contributed by atoms with Crippen LogP contribution in [-0.4, -0.2) is 81.8 Å². The molecule has 3 aromatic rings. The quantitative estimate of drug-likeness (QED) is 0.179. The van der Waals surface area contributed by atoms with Crippen molar-refractivity contribution in [3.05, 3.63) is 38.9 Å². The molecule has 212 valence electrons. The molecule has 0 amide bonds. The standard InChI is InChI=1S/C20H26N7O11P/c1-8-4-26(20(32)25-17(8)30)13-2-9(29)12(37-13)6-35-39(33,34)38-10-3-14(36-11(10)5-28)27-7-22-15-16(27)23-19(21)24-18(15)31/h4,7,9-14,28-29H,2-3,5-6H2,1H3,(H,33,34)(H,25,30,32)(H3,21,23,24,31)/p-1/t9-,10-,11+,12+,13+,14+/m0/s1. The Morgan fingerprint density at radius 2 is 1.95 bits per heavy atom. The lowest BCUT2D eigenvalue weighted by Crippen LogP contribution is -2.30. The van der Waals surface area contributed by atoms with Crippen molar-refractivity contribution in [1.29, 1.82) is 0 Å². The molecule has 0 radical (unpaired) electrons. The van der Waals surface area contributed by atoms with E-state index in [-0.39, 0.29) is 35.5 Å². The van der Waals surface area contributed by atoms with Crippen LogP contribution >= 0.6 is 7.82 Å². The van der Waals surface area contributed by atoms with Crippen LogP contribution in [0, 0.1) is 6.92 Å². The monoisotopic (exact) mass is 570 g/mol. The van der Waals surface area contributed by atoms with Gasteiger partial charge in [0.15, 0.2) is 11.2 Å². The largest absolute Gasteiger partial charge is 0.858 e. The SMILES string of the molecule is Cc1cn([C@H]2C[C@H](O)[C@@H](COP(=O)(O)O[C@H]3C[C@H](n4cnc5c(=O)[nH]c(N)nc54)O[C@@H]3CO)O2)c(=O)nc1[O-]. The number of aromatic nitrogens is 6. The minimum Gasteiger partial charge on any atom is -0.858 e. The molecule has 0 aliphatic carbocycles. The fraction of sp³-hybridized carbons (Fsp3) is 0.550. The van der Waals surface area contributed by atoms with Gasteiger partial charge in [0.05, 0.1) is 25.6 Å². The molecule has 19 heteroatoms. The summed E-state index contributed by atoms with van der Waals surface area (Å²) in [6.45, 7) is 0.320. The van der Waals surface area contributed by atoms with Gasteiger partial charge in [-0.15, -0.1) is 0 Å². The normalized spacial score (nSPS) is 28.7. The molecule has 2 saturated heterocycles. The molecule has 2 aliphatic heterocycles. The predicted octanol–water partition coefficient (Wildman–Crippen LogP) is -2.23. The number of aryl methyl sites for hydroxylation is 1. The number of hydrogen-bond donors (Lipinski definition) is 5. The fourth-order valence-corrected chi connectivity index (χ4v) is 5.42. The van der Waals surface area contributed by atoms with Crippen molar-refractivity contribution in [1.82, 2.24) is 29.1 Å². The second-order valence-corrected chi connectivity index (χ2v) is 10.5. The molecule has 5 heterocycles. The number of phosphoric acid groups is 1. The van der Waals surface area contributed by atoms with Gasteiger partial charge in [0.2, 0.25) is 5.95 Å². The third-order valence-corrected chi connectivity index (χ3v) is 7.41. The van der Waals surface area contributed by atoms with E-state index in [4.69, 9.17) is 24.3 Å². The first-order chi connectivity index (χ1) is 18.5. The Labute approximate surface area is 218 Å². The lowest BCUT2D eigenvalue weighted by molar-refractivity contribution is -0.276. The molecule has 3 aromatic heterocycles. The van der Waals surface area contributed by atoms with Gasteiger partial charge in [0.25, 0.3) is 5.56 Å². The molecule has 6 N–H and O–H groups in total. The number of nitrogen functional groups attached to an aromatic ring is 1. The maximum absolute atomic E-state index is 12.7. The van der Waals surface area contributed by atoms with Crippen LogP contribution in [0.25, 0.3) is 11.2 Å². The van der Waals surface area contributed by atoms with Crippen molar-refractivity contribution < 1.29 is 43.3 Å². The van der Waals surface area contributed by atoms with Crippen LogP contribution in [0.5, 0.6) is 5.88 Å². The topological polar surface area (TPSA) is 262 Å². The summed E-state index contributed by atoms with van der Waals surface area (Å²) in [6, 6.07) is 0. The minimum absolute atomic E-state index is 0.000480. The molecule has 0 bridgehead atoms. The maximum atomic E-state index is 12.7. The van der Waals surface area contributed by atoms with Crippen LogP contribution < -0.4 is 22.1 Å². The van der Waals surface area contributed by atoms with Crippen molar-refractivity contribution >= 4 is 24.9 Å². The Bertz CT molecular complexity index is 1540. The Morgan fingerprint density at radius 3 is 2.69 bits per heavy atom. The summed E-state index contributed by atoms with van der Waals surface area (Å²) >= 11 is 0. The van der Waals surface area contributed by atoms with Gasteiger partial charge in [-0.1, -0.05) is 0 Å². The summed E-state index contributed by atoms with van der Waals surface area (Å²) < 4.78 is 36.8. The Hall–Kier alpha value is -3.22. The first-order valence-corrected chi connectivity index (χ1v) is 13.2. The molecular weight excluding hydrogens is 545 g/mol. The lowest BCUT2D eigenvalue weighted by atomic mass is 10.2. The lowest BCUT2D eigenvalue weighted by Gasteiger charge is -2.22. The van der Waals surface area contributed by atoms with E-state index in [2.05, 4.69) is 19.9 Å². The number of hydrogen-bond acceptors (Lipinski definition) is 14. The van der Waals surface area contributed by atoms with Crippen molar-refractivity contribution in [2.45, 2.75) is 56.6 Å². The Balaban J connectivity index is 1.23. The number of fused-ring (bicyclic) bond motifs is 1. The van der Waals surface area contributed by atoms with Crippen LogP contribution in [0.2, 0.25) is 0 Å². The van der Waals surface area contributed by atoms with E-state index >= 15 is 0 Å². The highest BCUT2D eigenvalue weighted by Crippen LogP contribution is 2.49. The average molecular weight is 570 g/mol. The van der Waals surface area contributed by atoms with E-state index in [0.29, 0.717) is 0 Å². The highest BCUT2D eigenvalue weighted by molar-refractivity contribution is 7.47. The van der Waals surface area contributed by atoms with E-state index in [1.807, 2.05) is 0 Å². The van der Waals surface area contributed by atoms with Gasteiger partial charge in [0, 0.05) is 19.0 Å². The van der Waals surface area contributed by atoms with E-state index in [1.165, 1.54) is 24.0 Å². The average Bonchev–Trinajstić information content (AvgIpc) is 3.56. The molecular formula is C20H25N7O11P-. The molecule has 18 nitrogen and oxygen atoms in total. The predicted molar refractivity (Wildman–Crippen MR) is 126 cm³/mol. The van der Waals surface area contributed by atoms with Crippen LogP contribution in [0.15, 0.2) is 22.1 Å². The summed E-state index contributed by atoms with van der Waals surface area (Å²) in [7, 11) is -4.77. The van der Waals surface area contributed by atoms with E-state index in [9.17, 15) is 34.4 Å². The molecule has 39 heavy (non-hydrogen) atoms. The number of nitrogens with one attached hydrogen (secondary N) is 1. The molecule has 2 aliphatic rings. The number of aromatic amines is 1. The van der Waals surface area contributed by atoms with E-state index in [0.717, 1.165) is 4.57 Å². The van der Waals surface area contributed by atoms with Crippen molar-refractivity contribution in [2.24, 2.45) is 0 Å². The second kappa shape index (κ2) is 10.4. The third-order valence-electron chi connectivity index (χ3n) is 6.39. The number of anilines is 1. The number of aliphatic hydroxyl groups is 2. The number of rotatable bonds is 8. The van der Waals surface area contributed by atoms with Crippen LogP contribution in [0.1, 0.15) is 30.9 Å². The van der Waals surface area contributed by atoms with Gasteiger partial charge in [-0.05, 0) is 18.4 Å². The molecule has 2 fully saturated rings. The molecule has 7 atom stereocenters. The van der Waals surface area contributed by atoms with Gasteiger partial charge >= 0.3 is 13.5 Å². The number of imidazole rings is 1. The van der Waals surface area contributed by atoms with Crippen molar-refractivity contribution in [3.8, 4) is 5.88 Å². The summed E-state index contributed by atoms with van der Waals surface area (Å²) in [6.07, 6.45) is -3.85. The van der Waals surface area contributed by atoms with E-state index in [1.54, 1.807) is 0 Å². The zero-order valence-corrected chi connectivity index (χ0v) is 21.2. The highest BCUT2D eigenvalue weighted by Gasteiger charge is 2.43. The minimum atomic E-state index is -4.77. The molecule has 0 aromatic carbocycles. The van der Waals surface area contributed by atoms with Gasteiger partial charge in [-0.25, -0.2) is 19.3 Å². The fourth-order valence-electron chi connectivity index (χ4n) is 4.46. The van der Waals surface area contributed by atoms with Gasteiger partial charge in [-0.3, -0.25) is 28.0 Å². The maximum Gasteiger partial charge on any atom is 0.472 e. The number of nitrogens with two attached hydrogens (primary N) is 1. The molecule has 5 rings (SSSR count). The summed E-state index contributed by atoms with van der Waals surface area (Å²) in [5, 5.41) is 31.6. The second-order valence-electron chi connectivity index (χ2n) is 9.08. The van der Waals surface area contributed by atoms with Crippen LogP contribution in [0.3, 0.4) is 0 Å². The molecule has 0 saturated carbocycles. The first kappa shape index (κ1) is 27.4. The van der Waals surface area contributed by atoms with Crippen LogP contribution in [-0.2, 0) is 23.1 Å². The third kappa shape index (κ3) is 5.45. The van der Waals surface area contributed by atoms with Crippen LogP contribution in [0.4, 0.5) is 5.95 Å². The van der Waals surface area contributed by atoms with E-state index < -0.39 is 75.0 Å². The Kier molecular flexibility index (Phi) is 7.29. The summed E-state index contributed by atoms with van der Waals surface area (Å²) in [5.41, 5.74) is 4.50. The number of H-pyrrole nitrogens is 1. The zero-order valence-electron chi connectivity index (χ0n) is 20.3. The van der Waals surface area contributed by atoms with Crippen molar-refractivity contribution in [2.75, 3.05) is 18.9 Å². The van der Waals surface area contributed by atoms with Gasteiger partial charge in [0.1, 0.15) is 30.8 Å². The Morgan fingerprint density at radius 1 is 1.23 bits per heavy atom. The summed E-state index contributed by atoms with van der Waals surface area (Å²) in [4.78, 5) is 48.2.